The maximum atomic E-state index is 12.8. The van der Waals surface area contributed by atoms with Gasteiger partial charge < -0.3 is 11.1 Å². The lowest BCUT2D eigenvalue weighted by atomic mass is 9.90. The fourth-order valence-corrected chi connectivity index (χ4v) is 4.11. The van der Waals surface area contributed by atoms with Gasteiger partial charge >= 0.3 is 5.69 Å². The Balaban J connectivity index is 1.49. The molecule has 1 aromatic heterocycles. The average Bonchev–Trinajstić information content (AvgIpc) is 3.16. The van der Waals surface area contributed by atoms with Crippen molar-refractivity contribution < 1.29 is 10.2 Å². The van der Waals surface area contributed by atoms with Crippen LogP contribution in [-0.4, -0.2) is 32.5 Å². The molecule has 0 aliphatic carbocycles. The van der Waals surface area contributed by atoms with E-state index in [1.807, 2.05) is 66.7 Å². The van der Waals surface area contributed by atoms with Gasteiger partial charge in [-0.15, -0.1) is 5.10 Å². The third-order valence-electron chi connectivity index (χ3n) is 6.11. The number of hydrogen-bond donors (Lipinski definition) is 3. The number of nitrogens with two attached hydrogens (primary N) is 2. The highest BCUT2D eigenvalue weighted by Crippen LogP contribution is 2.21. The molecule has 0 saturated heterocycles. The van der Waals surface area contributed by atoms with Crippen molar-refractivity contribution in [3.05, 3.63) is 117 Å². The molecule has 8 nitrogen and oxygen atoms in total. The van der Waals surface area contributed by atoms with Crippen LogP contribution in [-0.2, 0) is 20.0 Å². The number of amides is 1. The minimum absolute atomic E-state index is 0.156. The zero-order valence-corrected chi connectivity index (χ0v) is 20.7. The largest absolute Gasteiger partial charge is 0.366 e. The van der Waals surface area contributed by atoms with Gasteiger partial charge in [-0.05, 0) is 53.9 Å². The first-order valence-corrected chi connectivity index (χ1v) is 11.9. The van der Waals surface area contributed by atoms with Crippen LogP contribution in [0.5, 0.6) is 0 Å². The molecule has 0 spiro atoms. The van der Waals surface area contributed by atoms with Gasteiger partial charge in [-0.25, -0.2) is 9.48 Å². The van der Waals surface area contributed by atoms with Crippen molar-refractivity contribution in [2.45, 2.75) is 18.9 Å². The van der Waals surface area contributed by atoms with Gasteiger partial charge in [0, 0.05) is 29.7 Å². The zero-order valence-electron chi connectivity index (χ0n) is 19.9. The van der Waals surface area contributed by atoms with E-state index < -0.39 is 5.91 Å². The SMILES string of the molecule is Cn1c(NC[C@H](C(=[NH2+])c2ccc(Cl)cc2)c2ccccc2)nn(CCc2ccc(C(N)=O)cc2)c1=O. The van der Waals surface area contributed by atoms with Crippen LogP contribution >= 0.6 is 11.6 Å². The summed E-state index contributed by atoms with van der Waals surface area (Å²) in [5.74, 6) is -0.175. The van der Waals surface area contributed by atoms with Crippen LogP contribution in [0, 0.1) is 0 Å². The Morgan fingerprint density at radius 2 is 1.67 bits per heavy atom. The van der Waals surface area contributed by atoms with Crippen LogP contribution in [0.2, 0.25) is 5.02 Å². The molecule has 5 N–H and O–H groups in total. The first-order chi connectivity index (χ1) is 17.3. The number of aromatic nitrogens is 3. The predicted octanol–water partition coefficient (Wildman–Crippen LogP) is 2.02. The van der Waals surface area contributed by atoms with E-state index in [0.29, 0.717) is 41.8 Å². The van der Waals surface area contributed by atoms with E-state index >= 15 is 0 Å². The van der Waals surface area contributed by atoms with Crippen molar-refractivity contribution in [3.63, 3.8) is 0 Å². The lowest BCUT2D eigenvalue weighted by molar-refractivity contribution is -0.116. The van der Waals surface area contributed by atoms with Crippen LogP contribution in [0.4, 0.5) is 5.95 Å². The summed E-state index contributed by atoms with van der Waals surface area (Å²) in [4.78, 5) is 24.0. The van der Waals surface area contributed by atoms with Crippen LogP contribution in [0.25, 0.3) is 0 Å². The molecule has 184 valence electrons. The smallest absolute Gasteiger partial charge is 0.347 e. The number of nitrogens with one attached hydrogen (secondary N) is 1. The van der Waals surface area contributed by atoms with Crippen molar-refractivity contribution in [1.29, 1.82) is 0 Å². The Hall–Kier alpha value is -4.17. The minimum Gasteiger partial charge on any atom is -0.366 e. The molecule has 36 heavy (non-hydrogen) atoms. The molecule has 0 bridgehead atoms. The molecule has 1 atom stereocenters. The molecule has 0 fully saturated rings. The number of rotatable bonds is 10. The van der Waals surface area contributed by atoms with Crippen molar-refractivity contribution in [2.24, 2.45) is 12.8 Å². The van der Waals surface area contributed by atoms with E-state index in [2.05, 4.69) is 10.4 Å². The third-order valence-corrected chi connectivity index (χ3v) is 6.36. The summed E-state index contributed by atoms with van der Waals surface area (Å²) in [6, 6.07) is 24.4. The lowest BCUT2D eigenvalue weighted by Gasteiger charge is -2.16. The van der Waals surface area contributed by atoms with Gasteiger partial charge in [-0.2, -0.15) is 0 Å². The van der Waals surface area contributed by atoms with Gasteiger partial charge in [0.2, 0.25) is 11.9 Å². The topological polar surface area (TPSA) is 121 Å². The molecular weight excluding hydrogens is 476 g/mol. The molecule has 0 saturated carbocycles. The van der Waals surface area contributed by atoms with Crippen molar-refractivity contribution in [3.8, 4) is 0 Å². The normalized spacial score (nSPS) is 11.7. The van der Waals surface area contributed by atoms with Crippen molar-refractivity contribution in [2.75, 3.05) is 11.9 Å². The molecule has 3 aromatic carbocycles. The first kappa shape index (κ1) is 24.9. The Morgan fingerprint density at radius 3 is 2.31 bits per heavy atom. The second kappa shape index (κ2) is 11.0. The summed E-state index contributed by atoms with van der Waals surface area (Å²) in [6.07, 6.45) is 0.583. The Labute approximate surface area is 213 Å². The quantitative estimate of drug-likeness (QED) is 0.287. The van der Waals surface area contributed by atoms with E-state index in [9.17, 15) is 9.59 Å². The van der Waals surface area contributed by atoms with Gasteiger partial charge in [0.25, 0.3) is 0 Å². The highest BCUT2D eigenvalue weighted by molar-refractivity contribution is 6.30. The fraction of sp³-hybridized carbons (Fsp3) is 0.185. The molecule has 0 aliphatic rings. The molecule has 1 heterocycles. The second-order valence-corrected chi connectivity index (χ2v) is 8.94. The molecule has 0 unspecified atom stereocenters. The van der Waals surface area contributed by atoms with Crippen molar-refractivity contribution in [1.82, 2.24) is 14.3 Å². The maximum absolute atomic E-state index is 12.8. The summed E-state index contributed by atoms with van der Waals surface area (Å²) >= 11 is 6.05. The summed E-state index contributed by atoms with van der Waals surface area (Å²) in [6.45, 7) is 0.836. The molecule has 4 rings (SSSR count). The number of primary amides is 1. The molecule has 4 aromatic rings. The summed E-state index contributed by atoms with van der Waals surface area (Å²) < 4.78 is 2.91. The van der Waals surface area contributed by atoms with Crippen LogP contribution in [0.1, 0.15) is 33.0 Å². The summed E-state index contributed by atoms with van der Waals surface area (Å²) in [5, 5.41) is 15.1. The number of carbonyl (C=O) groups excluding carboxylic acids is 1. The van der Waals surface area contributed by atoms with E-state index in [-0.39, 0.29) is 11.6 Å². The number of benzene rings is 3. The number of carbonyl (C=O) groups is 1. The Bertz CT molecular complexity index is 1410. The predicted molar refractivity (Wildman–Crippen MR) is 141 cm³/mol. The van der Waals surface area contributed by atoms with E-state index in [1.165, 1.54) is 9.25 Å². The zero-order chi connectivity index (χ0) is 25.7. The van der Waals surface area contributed by atoms with Crippen LogP contribution in [0.15, 0.2) is 83.7 Å². The number of hydrogen-bond acceptors (Lipinski definition) is 4. The number of anilines is 1. The fourth-order valence-electron chi connectivity index (χ4n) is 3.99. The third kappa shape index (κ3) is 5.72. The standard InChI is InChI=1S/C27H27ClN6O2/c1-33-26(32-34(27(33)36)16-15-18-7-9-21(10-8-18)25(30)35)31-17-23(19-5-3-2-4-6-19)24(29)20-11-13-22(28)14-12-20/h2-14,23,29H,15-17H2,1H3,(H2,30,35)(H,31,32)/p+1/t23-/m0/s1. The highest BCUT2D eigenvalue weighted by Gasteiger charge is 2.24. The van der Waals surface area contributed by atoms with Crippen molar-refractivity contribution >= 4 is 29.2 Å². The van der Waals surface area contributed by atoms with Gasteiger partial charge in [0.1, 0.15) is 0 Å². The molecular formula is C27H28ClN6O2+. The number of aryl methyl sites for hydroxylation is 2. The number of halogens is 1. The molecule has 0 radical (unpaired) electrons. The van der Waals surface area contributed by atoms with Gasteiger partial charge in [0.15, 0.2) is 5.71 Å². The monoisotopic (exact) mass is 503 g/mol. The number of nitrogens with zero attached hydrogens (tertiary/aromatic N) is 3. The van der Waals surface area contributed by atoms with Gasteiger partial charge in [0.05, 0.1) is 12.5 Å². The average molecular weight is 504 g/mol. The Kier molecular flexibility index (Phi) is 7.65. The van der Waals surface area contributed by atoms with Gasteiger partial charge in [-0.1, -0.05) is 54.1 Å². The summed E-state index contributed by atoms with van der Waals surface area (Å²) in [7, 11) is 1.68. The van der Waals surface area contributed by atoms with E-state index in [4.69, 9.17) is 22.7 Å². The van der Waals surface area contributed by atoms with Crippen LogP contribution < -0.4 is 22.1 Å². The maximum Gasteiger partial charge on any atom is 0.347 e. The molecule has 0 aliphatic heterocycles. The highest BCUT2D eigenvalue weighted by atomic mass is 35.5. The molecule has 1 amide bonds. The van der Waals surface area contributed by atoms with E-state index in [0.717, 1.165) is 16.7 Å². The van der Waals surface area contributed by atoms with Gasteiger partial charge in [-0.3, -0.25) is 14.8 Å². The second-order valence-electron chi connectivity index (χ2n) is 8.51. The Morgan fingerprint density at radius 1 is 1.03 bits per heavy atom. The van der Waals surface area contributed by atoms with E-state index in [1.54, 1.807) is 19.2 Å². The first-order valence-electron chi connectivity index (χ1n) is 11.5. The minimum atomic E-state index is -0.471. The summed E-state index contributed by atoms with van der Waals surface area (Å²) in [5.41, 5.74) is 9.11. The lowest BCUT2D eigenvalue weighted by Crippen LogP contribution is -2.46. The molecule has 9 heteroatoms. The van der Waals surface area contributed by atoms with Crippen LogP contribution in [0.3, 0.4) is 0 Å².